The Hall–Kier alpha value is -1.35. The smallest absolute Gasteiger partial charge is 0.224 e. The zero-order valence-electron chi connectivity index (χ0n) is 11.0. The Morgan fingerprint density at radius 2 is 2.39 bits per heavy atom. The minimum atomic E-state index is 0.131. The van der Waals surface area contributed by atoms with Gasteiger partial charge in [0.1, 0.15) is 0 Å². The molecule has 1 aliphatic rings. The molecule has 2 N–H and O–H groups in total. The second-order valence-electron chi connectivity index (χ2n) is 5.16. The first-order valence-electron chi connectivity index (χ1n) is 6.77. The quantitative estimate of drug-likeness (QED) is 0.829. The molecule has 2 rings (SSSR count). The van der Waals surface area contributed by atoms with Crippen molar-refractivity contribution < 1.29 is 4.79 Å². The van der Waals surface area contributed by atoms with Crippen molar-refractivity contribution in [3.63, 3.8) is 0 Å². The van der Waals surface area contributed by atoms with E-state index in [9.17, 15) is 4.79 Å². The fraction of sp³-hybridized carbons (Fsp3) is 0.533. The van der Waals surface area contributed by atoms with Gasteiger partial charge in [-0.1, -0.05) is 29.8 Å². The normalized spacial score (nSPS) is 18.8. The number of carbonyl (C=O) groups excluding carboxylic acids is 1. The van der Waals surface area contributed by atoms with Crippen LogP contribution in [-0.4, -0.2) is 25.5 Å². The standard InChI is InChI=1S/C15H22N2O/c1-12-3-2-4-14(9-12)10-15(18)17-8-6-13-5-7-16-11-13/h2-4,9,13,16H,5-8,10-11H2,1H3,(H,17,18). The lowest BCUT2D eigenvalue weighted by atomic mass is 10.1. The molecule has 3 nitrogen and oxygen atoms in total. The Morgan fingerprint density at radius 3 is 3.11 bits per heavy atom. The lowest BCUT2D eigenvalue weighted by molar-refractivity contribution is -0.120. The molecule has 0 aliphatic carbocycles. The fourth-order valence-electron chi connectivity index (χ4n) is 2.45. The second-order valence-corrected chi connectivity index (χ2v) is 5.16. The highest BCUT2D eigenvalue weighted by Gasteiger charge is 2.14. The maximum absolute atomic E-state index is 11.8. The van der Waals surface area contributed by atoms with Crippen molar-refractivity contribution in [2.75, 3.05) is 19.6 Å². The molecular weight excluding hydrogens is 224 g/mol. The molecule has 1 aromatic carbocycles. The van der Waals surface area contributed by atoms with E-state index in [4.69, 9.17) is 0 Å². The van der Waals surface area contributed by atoms with Crippen molar-refractivity contribution in [2.24, 2.45) is 5.92 Å². The van der Waals surface area contributed by atoms with E-state index in [1.165, 1.54) is 12.0 Å². The largest absolute Gasteiger partial charge is 0.356 e. The molecule has 1 atom stereocenters. The van der Waals surface area contributed by atoms with Crippen molar-refractivity contribution in [3.8, 4) is 0 Å². The Balaban J connectivity index is 1.68. The van der Waals surface area contributed by atoms with Crippen LogP contribution in [0.15, 0.2) is 24.3 Å². The second kappa shape index (κ2) is 6.55. The average molecular weight is 246 g/mol. The molecule has 1 aromatic rings. The highest BCUT2D eigenvalue weighted by atomic mass is 16.1. The van der Waals surface area contributed by atoms with E-state index in [1.54, 1.807) is 0 Å². The van der Waals surface area contributed by atoms with Crippen LogP contribution >= 0.6 is 0 Å². The molecule has 3 heteroatoms. The molecule has 0 aromatic heterocycles. The molecule has 1 amide bonds. The van der Waals surface area contributed by atoms with Crippen LogP contribution in [0, 0.1) is 12.8 Å². The Morgan fingerprint density at radius 1 is 1.50 bits per heavy atom. The molecule has 18 heavy (non-hydrogen) atoms. The predicted octanol–water partition coefficient (Wildman–Crippen LogP) is 1.65. The van der Waals surface area contributed by atoms with E-state index in [2.05, 4.69) is 29.7 Å². The molecular formula is C15H22N2O. The summed E-state index contributed by atoms with van der Waals surface area (Å²) in [5, 5.41) is 6.35. The number of amides is 1. The summed E-state index contributed by atoms with van der Waals surface area (Å²) < 4.78 is 0. The van der Waals surface area contributed by atoms with Gasteiger partial charge in [0.2, 0.25) is 5.91 Å². The summed E-state index contributed by atoms with van der Waals surface area (Å²) in [4.78, 5) is 11.8. The van der Waals surface area contributed by atoms with Crippen LogP contribution in [0.2, 0.25) is 0 Å². The zero-order valence-corrected chi connectivity index (χ0v) is 11.0. The van der Waals surface area contributed by atoms with E-state index in [1.807, 2.05) is 12.1 Å². The van der Waals surface area contributed by atoms with Crippen molar-refractivity contribution in [2.45, 2.75) is 26.2 Å². The Kier molecular flexibility index (Phi) is 4.76. The number of hydrogen-bond donors (Lipinski definition) is 2. The third-order valence-electron chi connectivity index (χ3n) is 3.48. The summed E-state index contributed by atoms with van der Waals surface area (Å²) in [5.41, 5.74) is 2.30. The Bertz CT molecular complexity index is 397. The highest BCUT2D eigenvalue weighted by molar-refractivity contribution is 5.78. The molecule has 0 saturated carbocycles. The van der Waals surface area contributed by atoms with Crippen LogP contribution in [0.1, 0.15) is 24.0 Å². The van der Waals surface area contributed by atoms with E-state index in [-0.39, 0.29) is 5.91 Å². The average Bonchev–Trinajstić information content (AvgIpc) is 2.82. The monoisotopic (exact) mass is 246 g/mol. The minimum absolute atomic E-state index is 0.131. The third kappa shape index (κ3) is 4.15. The van der Waals surface area contributed by atoms with E-state index in [0.29, 0.717) is 6.42 Å². The van der Waals surface area contributed by atoms with Gasteiger partial charge >= 0.3 is 0 Å². The van der Waals surface area contributed by atoms with Gasteiger partial charge in [-0.2, -0.15) is 0 Å². The summed E-state index contributed by atoms with van der Waals surface area (Å²) in [6.45, 7) is 5.08. The SMILES string of the molecule is Cc1cccc(CC(=O)NCCC2CCNC2)c1. The van der Waals surface area contributed by atoms with Crippen LogP contribution in [-0.2, 0) is 11.2 Å². The van der Waals surface area contributed by atoms with Gasteiger partial charge < -0.3 is 10.6 Å². The van der Waals surface area contributed by atoms with Crippen molar-refractivity contribution in [1.82, 2.24) is 10.6 Å². The zero-order chi connectivity index (χ0) is 12.8. The molecule has 1 unspecified atom stereocenters. The third-order valence-corrected chi connectivity index (χ3v) is 3.48. The maximum atomic E-state index is 11.8. The first-order chi connectivity index (χ1) is 8.74. The van der Waals surface area contributed by atoms with Crippen molar-refractivity contribution in [3.05, 3.63) is 35.4 Å². The van der Waals surface area contributed by atoms with Gasteiger partial charge in [-0.3, -0.25) is 4.79 Å². The number of nitrogens with one attached hydrogen (secondary N) is 2. The number of carbonyl (C=O) groups is 1. The van der Waals surface area contributed by atoms with E-state index < -0.39 is 0 Å². The predicted molar refractivity (Wildman–Crippen MR) is 73.5 cm³/mol. The number of rotatable bonds is 5. The molecule has 98 valence electrons. The summed E-state index contributed by atoms with van der Waals surface area (Å²) in [6, 6.07) is 8.13. The molecule has 0 bridgehead atoms. The first kappa shape index (κ1) is 13.1. The number of aryl methyl sites for hydroxylation is 1. The lowest BCUT2D eigenvalue weighted by Crippen LogP contribution is -2.27. The van der Waals surface area contributed by atoms with Gasteiger partial charge in [0.25, 0.3) is 0 Å². The van der Waals surface area contributed by atoms with E-state index in [0.717, 1.165) is 37.5 Å². The van der Waals surface area contributed by atoms with Gasteiger partial charge in [0, 0.05) is 6.54 Å². The van der Waals surface area contributed by atoms with Gasteiger partial charge in [-0.15, -0.1) is 0 Å². The van der Waals surface area contributed by atoms with Crippen molar-refractivity contribution >= 4 is 5.91 Å². The maximum Gasteiger partial charge on any atom is 0.224 e. The van der Waals surface area contributed by atoms with Crippen LogP contribution in [0.5, 0.6) is 0 Å². The summed E-state index contributed by atoms with van der Waals surface area (Å²) in [7, 11) is 0. The lowest BCUT2D eigenvalue weighted by Gasteiger charge is -2.09. The number of hydrogen-bond acceptors (Lipinski definition) is 2. The first-order valence-corrected chi connectivity index (χ1v) is 6.77. The highest BCUT2D eigenvalue weighted by Crippen LogP contribution is 2.10. The van der Waals surface area contributed by atoms with E-state index >= 15 is 0 Å². The molecule has 1 fully saturated rings. The molecule has 1 saturated heterocycles. The summed E-state index contributed by atoms with van der Waals surface area (Å²) in [6.07, 6.45) is 2.82. The van der Waals surface area contributed by atoms with Gasteiger partial charge in [0.15, 0.2) is 0 Å². The minimum Gasteiger partial charge on any atom is -0.356 e. The van der Waals surface area contributed by atoms with Crippen LogP contribution < -0.4 is 10.6 Å². The Labute approximate surface area is 109 Å². The molecule has 0 radical (unpaired) electrons. The van der Waals surface area contributed by atoms with Crippen molar-refractivity contribution in [1.29, 1.82) is 0 Å². The van der Waals surface area contributed by atoms with Crippen LogP contribution in [0.4, 0.5) is 0 Å². The summed E-state index contributed by atoms with van der Waals surface area (Å²) >= 11 is 0. The molecule has 1 aliphatic heterocycles. The van der Waals surface area contributed by atoms with Gasteiger partial charge in [-0.05, 0) is 44.3 Å². The molecule has 1 heterocycles. The van der Waals surface area contributed by atoms with Gasteiger partial charge in [0.05, 0.1) is 6.42 Å². The topological polar surface area (TPSA) is 41.1 Å². The van der Waals surface area contributed by atoms with Gasteiger partial charge in [-0.25, -0.2) is 0 Å². The summed E-state index contributed by atoms with van der Waals surface area (Å²) in [5.74, 6) is 0.871. The molecule has 0 spiro atoms. The van der Waals surface area contributed by atoms with Crippen LogP contribution in [0.25, 0.3) is 0 Å². The number of benzene rings is 1. The van der Waals surface area contributed by atoms with Crippen LogP contribution in [0.3, 0.4) is 0 Å². The fourth-order valence-corrected chi connectivity index (χ4v) is 2.45.